The summed E-state index contributed by atoms with van der Waals surface area (Å²) in [6.07, 6.45) is 1.72. The summed E-state index contributed by atoms with van der Waals surface area (Å²) in [5.74, 6) is 0. The third kappa shape index (κ3) is 3.00. The minimum absolute atomic E-state index is 0.345. The van der Waals surface area contributed by atoms with Crippen molar-refractivity contribution in [1.29, 1.82) is 0 Å². The van der Waals surface area contributed by atoms with Crippen LogP contribution in [0, 0.1) is 6.92 Å². The van der Waals surface area contributed by atoms with E-state index in [1.54, 1.807) is 25.4 Å². The van der Waals surface area contributed by atoms with E-state index in [0.29, 0.717) is 10.8 Å². The molecule has 0 aliphatic heterocycles. The van der Waals surface area contributed by atoms with Gasteiger partial charge in [-0.3, -0.25) is 0 Å². The quantitative estimate of drug-likeness (QED) is 0.835. The lowest BCUT2D eigenvalue weighted by molar-refractivity contribution is 0.471. The van der Waals surface area contributed by atoms with Crippen LogP contribution in [0.5, 0.6) is 0 Å². The zero-order valence-corrected chi connectivity index (χ0v) is 13.8. The van der Waals surface area contributed by atoms with E-state index >= 15 is 0 Å². The summed E-state index contributed by atoms with van der Waals surface area (Å²) in [5, 5.41) is 0.940. The lowest BCUT2D eigenvalue weighted by Crippen LogP contribution is -2.25. The Bertz CT molecular complexity index is 648. The molecule has 0 amide bonds. The molecule has 98 valence electrons. The van der Waals surface area contributed by atoms with Gasteiger partial charge in [0.25, 0.3) is 10.0 Å². The van der Waals surface area contributed by atoms with Gasteiger partial charge in [0.15, 0.2) is 0 Å². The first-order valence-electron chi connectivity index (χ1n) is 5.02. The van der Waals surface area contributed by atoms with Crippen LogP contribution in [0.3, 0.4) is 0 Å². The molecule has 18 heavy (non-hydrogen) atoms. The SMILES string of the molecule is Cc1ncc(CN(C)S(=O)(=O)c2ccc(Br)s2)s1. The van der Waals surface area contributed by atoms with Crippen LogP contribution in [0.1, 0.15) is 9.88 Å². The molecule has 0 saturated carbocycles. The third-order valence-corrected chi connectivity index (χ3v) is 7.05. The van der Waals surface area contributed by atoms with Crippen LogP contribution < -0.4 is 0 Å². The molecular weight excluding hydrogens is 356 g/mol. The van der Waals surface area contributed by atoms with Crippen LogP contribution in [-0.4, -0.2) is 24.8 Å². The van der Waals surface area contributed by atoms with Gasteiger partial charge in [0.05, 0.1) is 8.79 Å². The first-order valence-corrected chi connectivity index (χ1v) is 8.89. The number of hydrogen-bond acceptors (Lipinski definition) is 5. The van der Waals surface area contributed by atoms with Crippen LogP contribution in [0.25, 0.3) is 0 Å². The molecule has 0 spiro atoms. The van der Waals surface area contributed by atoms with Crippen LogP contribution in [0.4, 0.5) is 0 Å². The van der Waals surface area contributed by atoms with Gasteiger partial charge >= 0.3 is 0 Å². The van der Waals surface area contributed by atoms with Gasteiger partial charge in [-0.2, -0.15) is 4.31 Å². The Morgan fingerprint density at radius 2 is 2.11 bits per heavy atom. The smallest absolute Gasteiger partial charge is 0.250 e. The Labute approximate surface area is 122 Å². The topological polar surface area (TPSA) is 50.3 Å². The zero-order chi connectivity index (χ0) is 13.3. The summed E-state index contributed by atoms with van der Waals surface area (Å²) in [5.41, 5.74) is 0. The summed E-state index contributed by atoms with van der Waals surface area (Å²) in [4.78, 5) is 5.06. The molecule has 0 aliphatic rings. The maximum atomic E-state index is 12.3. The summed E-state index contributed by atoms with van der Waals surface area (Å²) >= 11 is 5.99. The molecule has 0 aromatic carbocycles. The number of thiophene rings is 1. The summed E-state index contributed by atoms with van der Waals surface area (Å²) in [6, 6.07) is 3.35. The maximum absolute atomic E-state index is 12.3. The maximum Gasteiger partial charge on any atom is 0.252 e. The van der Waals surface area contributed by atoms with Gasteiger partial charge in [-0.05, 0) is 35.0 Å². The van der Waals surface area contributed by atoms with E-state index < -0.39 is 10.0 Å². The minimum Gasteiger partial charge on any atom is -0.250 e. The highest BCUT2D eigenvalue weighted by Gasteiger charge is 2.23. The van der Waals surface area contributed by atoms with E-state index in [1.165, 1.54) is 27.0 Å². The molecule has 8 heteroatoms. The average molecular weight is 367 g/mol. The van der Waals surface area contributed by atoms with Gasteiger partial charge in [0, 0.05) is 24.7 Å². The van der Waals surface area contributed by atoms with Crippen molar-refractivity contribution in [3.05, 3.63) is 32.0 Å². The first kappa shape index (κ1) is 14.1. The number of halogens is 1. The Kier molecular flexibility index (Phi) is 4.22. The minimum atomic E-state index is -3.41. The summed E-state index contributed by atoms with van der Waals surface area (Å²) in [7, 11) is -1.82. The second kappa shape index (κ2) is 5.38. The summed E-state index contributed by atoms with van der Waals surface area (Å²) in [6.45, 7) is 2.25. The van der Waals surface area contributed by atoms with E-state index in [2.05, 4.69) is 20.9 Å². The van der Waals surface area contributed by atoms with E-state index in [4.69, 9.17) is 0 Å². The molecule has 0 N–H and O–H groups in total. The van der Waals surface area contributed by atoms with Crippen LogP contribution >= 0.6 is 38.6 Å². The highest BCUT2D eigenvalue weighted by molar-refractivity contribution is 9.11. The molecule has 0 fully saturated rings. The Balaban J connectivity index is 2.20. The Morgan fingerprint density at radius 3 is 2.61 bits per heavy atom. The lowest BCUT2D eigenvalue weighted by atomic mass is 10.5. The molecule has 4 nitrogen and oxygen atoms in total. The fourth-order valence-corrected chi connectivity index (χ4v) is 5.67. The number of hydrogen-bond donors (Lipinski definition) is 0. The van der Waals surface area contributed by atoms with Crippen LogP contribution in [-0.2, 0) is 16.6 Å². The monoisotopic (exact) mass is 366 g/mol. The largest absolute Gasteiger partial charge is 0.252 e. The summed E-state index contributed by atoms with van der Waals surface area (Å²) < 4.78 is 27.0. The van der Waals surface area contributed by atoms with Crippen molar-refractivity contribution >= 4 is 48.6 Å². The van der Waals surface area contributed by atoms with E-state index in [-0.39, 0.29) is 0 Å². The van der Waals surface area contributed by atoms with Crippen molar-refractivity contribution in [2.75, 3.05) is 7.05 Å². The molecule has 2 aromatic heterocycles. The van der Waals surface area contributed by atoms with E-state index in [0.717, 1.165) is 13.7 Å². The molecule has 0 saturated heterocycles. The number of thiazole rings is 1. The molecule has 0 unspecified atom stereocenters. The van der Waals surface area contributed by atoms with Crippen molar-refractivity contribution in [2.45, 2.75) is 17.7 Å². The number of aryl methyl sites for hydroxylation is 1. The number of rotatable bonds is 4. The fourth-order valence-electron chi connectivity index (χ4n) is 1.37. The molecule has 2 heterocycles. The molecule has 0 radical (unpaired) electrons. The average Bonchev–Trinajstić information content (AvgIpc) is 2.88. The molecule has 0 aliphatic carbocycles. The van der Waals surface area contributed by atoms with Gasteiger partial charge in [0.2, 0.25) is 0 Å². The molecule has 0 bridgehead atoms. The van der Waals surface area contributed by atoms with Gasteiger partial charge in [-0.1, -0.05) is 0 Å². The number of sulfonamides is 1. The highest BCUT2D eigenvalue weighted by atomic mass is 79.9. The van der Waals surface area contributed by atoms with Crippen molar-refractivity contribution in [3.63, 3.8) is 0 Å². The first-order chi connectivity index (χ1) is 8.39. The van der Waals surface area contributed by atoms with Crippen molar-refractivity contribution in [2.24, 2.45) is 0 Å². The van der Waals surface area contributed by atoms with Crippen LogP contribution in [0.15, 0.2) is 26.3 Å². The predicted octanol–water partition coefficient (Wildman–Crippen LogP) is 3.10. The second-order valence-electron chi connectivity index (χ2n) is 3.67. The molecule has 2 aromatic rings. The van der Waals surface area contributed by atoms with Crippen molar-refractivity contribution in [3.8, 4) is 0 Å². The zero-order valence-electron chi connectivity index (χ0n) is 9.75. The van der Waals surface area contributed by atoms with Gasteiger partial charge < -0.3 is 0 Å². The van der Waals surface area contributed by atoms with E-state index in [9.17, 15) is 8.42 Å². The van der Waals surface area contributed by atoms with Crippen molar-refractivity contribution < 1.29 is 8.42 Å². The normalized spacial score (nSPS) is 12.2. The number of nitrogens with zero attached hydrogens (tertiary/aromatic N) is 2. The van der Waals surface area contributed by atoms with Gasteiger partial charge in [-0.15, -0.1) is 22.7 Å². The van der Waals surface area contributed by atoms with E-state index in [1.807, 2.05) is 6.92 Å². The van der Waals surface area contributed by atoms with Gasteiger partial charge in [0.1, 0.15) is 4.21 Å². The second-order valence-corrected chi connectivity index (χ2v) is 9.72. The van der Waals surface area contributed by atoms with Gasteiger partial charge in [-0.25, -0.2) is 13.4 Å². The molecule has 2 rings (SSSR count). The van der Waals surface area contributed by atoms with Crippen molar-refractivity contribution in [1.82, 2.24) is 9.29 Å². The number of aromatic nitrogens is 1. The standard InChI is InChI=1S/C10H11BrN2O2S3/c1-7-12-5-8(16-7)6-13(2)18(14,15)10-4-3-9(11)17-10/h3-5H,6H2,1-2H3. The third-order valence-electron chi connectivity index (χ3n) is 2.26. The molecule has 0 atom stereocenters. The Morgan fingerprint density at radius 1 is 1.39 bits per heavy atom. The highest BCUT2D eigenvalue weighted by Crippen LogP contribution is 2.28. The lowest BCUT2D eigenvalue weighted by Gasteiger charge is -2.14. The Hall–Kier alpha value is -0.280. The fraction of sp³-hybridized carbons (Fsp3) is 0.300. The predicted molar refractivity (Wildman–Crippen MR) is 77.5 cm³/mol. The van der Waals surface area contributed by atoms with Crippen LogP contribution in [0.2, 0.25) is 0 Å². The molecular formula is C10H11BrN2O2S3.